The maximum atomic E-state index is 13.5. The van der Waals surface area contributed by atoms with E-state index in [0.717, 1.165) is 25.8 Å². The Morgan fingerprint density at radius 3 is 3.00 bits per heavy atom. The zero-order chi connectivity index (χ0) is 21.4. The maximum Gasteiger partial charge on any atom is 0.261 e. The summed E-state index contributed by atoms with van der Waals surface area (Å²) in [5.74, 6) is 1.00. The molecule has 0 saturated carbocycles. The number of fused-ring (bicyclic) bond motifs is 2. The van der Waals surface area contributed by atoms with Crippen molar-refractivity contribution < 1.29 is 14.3 Å². The molecule has 2 aliphatic heterocycles. The number of nitrogens with zero attached hydrogens (tertiary/aromatic N) is 5. The van der Waals surface area contributed by atoms with Crippen LogP contribution < -0.4 is 10.3 Å². The quantitative estimate of drug-likeness (QED) is 0.623. The molecule has 0 radical (unpaired) electrons. The van der Waals surface area contributed by atoms with Crippen LogP contribution in [0.5, 0.6) is 5.88 Å². The van der Waals surface area contributed by atoms with E-state index in [1.54, 1.807) is 33.5 Å². The first-order valence-corrected chi connectivity index (χ1v) is 10.7. The van der Waals surface area contributed by atoms with Crippen molar-refractivity contribution >= 4 is 16.8 Å². The van der Waals surface area contributed by atoms with Gasteiger partial charge in [-0.1, -0.05) is 12.1 Å². The van der Waals surface area contributed by atoms with E-state index in [0.29, 0.717) is 54.5 Å². The maximum absolute atomic E-state index is 13.5. The van der Waals surface area contributed by atoms with Crippen LogP contribution in [0.2, 0.25) is 0 Å². The normalized spacial score (nSPS) is 18.2. The highest BCUT2D eigenvalue weighted by molar-refractivity contribution is 5.96. The van der Waals surface area contributed by atoms with Crippen LogP contribution in [0.25, 0.3) is 10.9 Å². The van der Waals surface area contributed by atoms with Crippen molar-refractivity contribution in [2.45, 2.75) is 38.4 Å². The standard InChI is InChI=1S/C22H25N5O4/c1-30-13-11-26-19(24-17-7-3-2-6-15(17)20(26)28)18-8-4-9-25(18)21(29)16-14-23-27-10-5-12-31-22(16)27/h2-3,6-7,14,18H,4-5,8-13H2,1H3. The van der Waals surface area contributed by atoms with Crippen molar-refractivity contribution in [2.24, 2.45) is 0 Å². The van der Waals surface area contributed by atoms with Crippen LogP contribution in [-0.4, -0.2) is 57.0 Å². The number of likely N-dealkylation sites (tertiary alicyclic amines) is 1. The van der Waals surface area contributed by atoms with Gasteiger partial charge in [0.2, 0.25) is 5.88 Å². The van der Waals surface area contributed by atoms with Crippen molar-refractivity contribution in [3.05, 3.63) is 52.2 Å². The molecule has 0 spiro atoms. The second-order valence-corrected chi connectivity index (χ2v) is 7.88. The Morgan fingerprint density at radius 1 is 1.26 bits per heavy atom. The third-order valence-electron chi connectivity index (χ3n) is 6.00. The number of hydrogen-bond donors (Lipinski definition) is 0. The van der Waals surface area contributed by atoms with Gasteiger partial charge in [0.15, 0.2) is 0 Å². The molecule has 3 aromatic rings. The lowest BCUT2D eigenvalue weighted by Gasteiger charge is -2.27. The number of aromatic nitrogens is 4. The Bertz CT molecular complexity index is 1180. The smallest absolute Gasteiger partial charge is 0.261 e. The van der Waals surface area contributed by atoms with Crippen LogP contribution in [0.3, 0.4) is 0 Å². The van der Waals surface area contributed by atoms with E-state index in [-0.39, 0.29) is 17.5 Å². The molecule has 9 nitrogen and oxygen atoms in total. The molecule has 1 aromatic carbocycles. The summed E-state index contributed by atoms with van der Waals surface area (Å²) in [7, 11) is 1.60. The van der Waals surface area contributed by atoms with Gasteiger partial charge in [0.1, 0.15) is 11.4 Å². The molecule has 4 heterocycles. The zero-order valence-corrected chi connectivity index (χ0v) is 17.5. The van der Waals surface area contributed by atoms with E-state index >= 15 is 0 Å². The summed E-state index contributed by atoms with van der Waals surface area (Å²) in [6.45, 7) is 2.69. The van der Waals surface area contributed by atoms with Crippen molar-refractivity contribution in [1.29, 1.82) is 0 Å². The van der Waals surface area contributed by atoms with E-state index < -0.39 is 0 Å². The second-order valence-electron chi connectivity index (χ2n) is 7.88. The molecule has 0 N–H and O–H groups in total. The van der Waals surface area contributed by atoms with Crippen LogP contribution in [0.1, 0.15) is 41.5 Å². The van der Waals surface area contributed by atoms with Crippen molar-refractivity contribution in [2.75, 3.05) is 26.9 Å². The van der Waals surface area contributed by atoms with Crippen molar-refractivity contribution in [3.63, 3.8) is 0 Å². The molecule has 1 amide bonds. The molecule has 1 saturated heterocycles. The predicted molar refractivity (Wildman–Crippen MR) is 113 cm³/mol. The van der Waals surface area contributed by atoms with Crippen LogP contribution in [0.15, 0.2) is 35.3 Å². The number of benzene rings is 1. The molecule has 5 rings (SSSR count). The first kappa shape index (κ1) is 19.7. The second kappa shape index (κ2) is 8.14. The zero-order valence-electron chi connectivity index (χ0n) is 17.5. The Hall–Kier alpha value is -3.20. The average Bonchev–Trinajstić information content (AvgIpc) is 3.45. The van der Waals surface area contributed by atoms with E-state index in [2.05, 4.69) is 5.10 Å². The number of aryl methyl sites for hydroxylation is 1. The molecule has 162 valence electrons. The first-order valence-electron chi connectivity index (χ1n) is 10.7. The van der Waals surface area contributed by atoms with Gasteiger partial charge in [0.05, 0.1) is 42.9 Å². The third kappa shape index (κ3) is 3.38. The van der Waals surface area contributed by atoms with Gasteiger partial charge in [-0.2, -0.15) is 5.10 Å². The van der Waals surface area contributed by atoms with E-state index in [4.69, 9.17) is 14.5 Å². The number of amides is 1. The molecular formula is C22H25N5O4. The number of para-hydroxylation sites is 1. The summed E-state index contributed by atoms with van der Waals surface area (Å²) in [4.78, 5) is 33.4. The fourth-order valence-corrected chi connectivity index (χ4v) is 4.49. The lowest BCUT2D eigenvalue weighted by atomic mass is 10.1. The highest BCUT2D eigenvalue weighted by Crippen LogP contribution is 2.34. The SMILES string of the molecule is COCCn1c(C2CCCN2C(=O)c2cnn3c2OCCC3)nc2ccccc2c1=O. The Morgan fingerprint density at radius 2 is 2.13 bits per heavy atom. The van der Waals surface area contributed by atoms with Gasteiger partial charge in [-0.3, -0.25) is 14.2 Å². The number of hydrogen-bond acceptors (Lipinski definition) is 6. The van der Waals surface area contributed by atoms with Gasteiger partial charge < -0.3 is 14.4 Å². The molecule has 1 fully saturated rings. The van der Waals surface area contributed by atoms with E-state index in [9.17, 15) is 9.59 Å². The van der Waals surface area contributed by atoms with Gasteiger partial charge in [0, 0.05) is 26.6 Å². The van der Waals surface area contributed by atoms with E-state index in [1.807, 2.05) is 18.2 Å². The molecule has 2 aromatic heterocycles. The summed E-state index contributed by atoms with van der Waals surface area (Å²) in [5.41, 5.74) is 1.00. The van der Waals surface area contributed by atoms with Crippen LogP contribution in [0, 0.1) is 0 Å². The summed E-state index contributed by atoms with van der Waals surface area (Å²) in [6, 6.07) is 7.03. The molecule has 0 aliphatic carbocycles. The van der Waals surface area contributed by atoms with Crippen molar-refractivity contribution in [1.82, 2.24) is 24.2 Å². The Labute approximate surface area is 179 Å². The summed E-state index contributed by atoms with van der Waals surface area (Å²) < 4.78 is 14.4. The Kier molecular flexibility index (Phi) is 5.19. The molecule has 1 atom stereocenters. The van der Waals surface area contributed by atoms with E-state index in [1.165, 1.54) is 0 Å². The predicted octanol–water partition coefficient (Wildman–Crippen LogP) is 2.00. The third-order valence-corrected chi connectivity index (χ3v) is 6.00. The molecule has 1 unspecified atom stereocenters. The Balaban J connectivity index is 1.56. The highest BCUT2D eigenvalue weighted by atomic mass is 16.5. The van der Waals surface area contributed by atoms with Crippen LogP contribution >= 0.6 is 0 Å². The minimum atomic E-state index is -0.291. The fraction of sp³-hybridized carbons (Fsp3) is 0.455. The van der Waals surface area contributed by atoms with Gasteiger partial charge in [0.25, 0.3) is 11.5 Å². The first-order chi connectivity index (χ1) is 15.2. The van der Waals surface area contributed by atoms with Gasteiger partial charge in [-0.15, -0.1) is 0 Å². The lowest BCUT2D eigenvalue weighted by Crippen LogP contribution is -2.36. The van der Waals surface area contributed by atoms with Crippen molar-refractivity contribution in [3.8, 4) is 5.88 Å². The monoisotopic (exact) mass is 423 g/mol. The minimum absolute atomic E-state index is 0.108. The molecule has 0 bridgehead atoms. The number of ether oxygens (including phenoxy) is 2. The van der Waals surface area contributed by atoms with Gasteiger partial charge in [-0.05, 0) is 25.0 Å². The summed E-state index contributed by atoms with van der Waals surface area (Å²) >= 11 is 0. The molecule has 9 heteroatoms. The largest absolute Gasteiger partial charge is 0.477 e. The molecule has 31 heavy (non-hydrogen) atoms. The van der Waals surface area contributed by atoms with Gasteiger partial charge >= 0.3 is 0 Å². The number of carbonyl (C=O) groups is 1. The molecule has 2 aliphatic rings. The number of methoxy groups -OCH3 is 1. The highest BCUT2D eigenvalue weighted by Gasteiger charge is 2.36. The average molecular weight is 423 g/mol. The number of rotatable bonds is 5. The minimum Gasteiger partial charge on any atom is -0.477 e. The van der Waals surface area contributed by atoms with Crippen LogP contribution in [-0.2, 0) is 17.8 Å². The van der Waals surface area contributed by atoms with Crippen LogP contribution in [0.4, 0.5) is 0 Å². The summed E-state index contributed by atoms with van der Waals surface area (Å²) in [6.07, 6.45) is 4.05. The fourth-order valence-electron chi connectivity index (χ4n) is 4.49. The molecular weight excluding hydrogens is 398 g/mol. The van der Waals surface area contributed by atoms with Gasteiger partial charge in [-0.25, -0.2) is 9.67 Å². The number of carbonyl (C=O) groups excluding carboxylic acids is 1. The topological polar surface area (TPSA) is 91.5 Å². The summed E-state index contributed by atoms with van der Waals surface area (Å²) in [5, 5.41) is 4.88. The lowest BCUT2D eigenvalue weighted by molar-refractivity contribution is 0.0718.